The standard InChI is InChI=1S/C12H14N2O3/c1-12(2)8(9(12)11(16)17)10(15)14-7-5-3-4-6-13-7/h3-6,8-9H,1-2H3,(H,16,17)(H,13,14,15)/t8-,9-/m0/s1. The van der Waals surface area contributed by atoms with Crippen LogP contribution in [0.3, 0.4) is 0 Å². The summed E-state index contributed by atoms with van der Waals surface area (Å²) in [6, 6.07) is 5.18. The largest absolute Gasteiger partial charge is 0.481 e. The summed E-state index contributed by atoms with van der Waals surface area (Å²) in [7, 11) is 0. The van der Waals surface area contributed by atoms with Crippen molar-refractivity contribution < 1.29 is 14.7 Å². The van der Waals surface area contributed by atoms with Crippen LogP contribution in [0.15, 0.2) is 24.4 Å². The third-order valence-electron chi connectivity index (χ3n) is 3.29. The summed E-state index contributed by atoms with van der Waals surface area (Å²) in [4.78, 5) is 26.8. The van der Waals surface area contributed by atoms with Crippen molar-refractivity contribution in [2.24, 2.45) is 17.3 Å². The van der Waals surface area contributed by atoms with Crippen molar-refractivity contribution in [1.29, 1.82) is 0 Å². The molecule has 2 N–H and O–H groups in total. The fourth-order valence-corrected chi connectivity index (χ4v) is 2.23. The highest BCUT2D eigenvalue weighted by Crippen LogP contribution is 2.58. The highest BCUT2D eigenvalue weighted by molar-refractivity contribution is 5.99. The van der Waals surface area contributed by atoms with E-state index in [0.29, 0.717) is 5.82 Å². The molecule has 17 heavy (non-hydrogen) atoms. The minimum Gasteiger partial charge on any atom is -0.481 e. The number of aromatic nitrogens is 1. The molecule has 1 fully saturated rings. The van der Waals surface area contributed by atoms with Crippen LogP contribution in [0.25, 0.3) is 0 Å². The minimum atomic E-state index is -0.920. The van der Waals surface area contributed by atoms with Gasteiger partial charge in [0.15, 0.2) is 0 Å². The molecule has 0 radical (unpaired) electrons. The van der Waals surface area contributed by atoms with E-state index in [1.165, 1.54) is 0 Å². The number of hydrogen-bond donors (Lipinski definition) is 2. The number of amides is 1. The van der Waals surface area contributed by atoms with Crippen molar-refractivity contribution in [3.05, 3.63) is 24.4 Å². The van der Waals surface area contributed by atoms with Crippen molar-refractivity contribution in [3.63, 3.8) is 0 Å². The van der Waals surface area contributed by atoms with Crippen LogP contribution < -0.4 is 5.32 Å². The van der Waals surface area contributed by atoms with Gasteiger partial charge in [0, 0.05) is 6.20 Å². The average molecular weight is 234 g/mol. The van der Waals surface area contributed by atoms with Crippen LogP contribution in [0, 0.1) is 17.3 Å². The summed E-state index contributed by atoms with van der Waals surface area (Å²) >= 11 is 0. The van der Waals surface area contributed by atoms with E-state index in [9.17, 15) is 9.59 Å². The van der Waals surface area contributed by atoms with Crippen LogP contribution in [-0.2, 0) is 9.59 Å². The lowest BCUT2D eigenvalue weighted by atomic mass is 10.1. The molecule has 0 aliphatic heterocycles. The molecule has 0 unspecified atom stereocenters. The minimum absolute atomic E-state index is 0.277. The Bertz CT molecular complexity index is 456. The smallest absolute Gasteiger partial charge is 0.307 e. The fourth-order valence-electron chi connectivity index (χ4n) is 2.23. The Morgan fingerprint density at radius 2 is 2.06 bits per heavy atom. The van der Waals surface area contributed by atoms with Gasteiger partial charge in [-0.1, -0.05) is 19.9 Å². The Morgan fingerprint density at radius 1 is 1.35 bits per heavy atom. The molecule has 1 aromatic rings. The fraction of sp³-hybridized carbons (Fsp3) is 0.417. The van der Waals surface area contributed by atoms with E-state index < -0.39 is 23.2 Å². The topological polar surface area (TPSA) is 79.3 Å². The number of pyridine rings is 1. The maximum Gasteiger partial charge on any atom is 0.307 e. The van der Waals surface area contributed by atoms with Crippen molar-refractivity contribution in [2.45, 2.75) is 13.8 Å². The first-order valence-electron chi connectivity index (χ1n) is 5.39. The summed E-state index contributed by atoms with van der Waals surface area (Å²) in [5.74, 6) is -1.84. The van der Waals surface area contributed by atoms with E-state index in [0.717, 1.165) is 0 Å². The number of aliphatic carboxylic acids is 1. The normalized spacial score (nSPS) is 25.1. The van der Waals surface area contributed by atoms with Crippen molar-refractivity contribution in [2.75, 3.05) is 5.32 Å². The zero-order valence-corrected chi connectivity index (χ0v) is 9.68. The van der Waals surface area contributed by atoms with Crippen molar-refractivity contribution >= 4 is 17.7 Å². The predicted molar refractivity (Wildman–Crippen MR) is 61.3 cm³/mol. The Morgan fingerprint density at radius 3 is 2.53 bits per heavy atom. The Hall–Kier alpha value is -1.91. The number of carboxylic acids is 1. The molecular formula is C12H14N2O3. The first kappa shape index (κ1) is 11.6. The van der Waals surface area contributed by atoms with Gasteiger partial charge in [0.05, 0.1) is 11.8 Å². The first-order chi connectivity index (χ1) is 7.94. The van der Waals surface area contributed by atoms with Gasteiger partial charge >= 0.3 is 5.97 Å². The number of nitrogens with one attached hydrogen (secondary N) is 1. The van der Waals surface area contributed by atoms with E-state index in [1.54, 1.807) is 38.2 Å². The molecule has 0 saturated heterocycles. The zero-order valence-electron chi connectivity index (χ0n) is 9.68. The predicted octanol–water partition coefficient (Wildman–Crippen LogP) is 1.38. The lowest BCUT2D eigenvalue weighted by Gasteiger charge is -2.04. The molecule has 0 spiro atoms. The second-order valence-electron chi connectivity index (χ2n) is 4.82. The Balaban J connectivity index is 2.06. The number of carbonyl (C=O) groups is 2. The molecule has 2 atom stereocenters. The van der Waals surface area contributed by atoms with Gasteiger partial charge in [-0.2, -0.15) is 0 Å². The van der Waals surface area contributed by atoms with Crippen LogP contribution >= 0.6 is 0 Å². The SMILES string of the molecule is CC1(C)[C@H](C(=O)O)[C@H]1C(=O)Nc1ccccn1. The number of carboxylic acid groups (broad SMARTS) is 1. The third kappa shape index (κ3) is 2.00. The van der Waals surface area contributed by atoms with Crippen LogP contribution in [0.4, 0.5) is 5.82 Å². The summed E-state index contributed by atoms with van der Waals surface area (Å²) in [6.07, 6.45) is 1.57. The van der Waals surface area contributed by atoms with Crippen LogP contribution in [0.1, 0.15) is 13.8 Å². The number of rotatable bonds is 3. The van der Waals surface area contributed by atoms with E-state index in [1.807, 2.05) is 0 Å². The monoisotopic (exact) mass is 234 g/mol. The molecule has 2 rings (SSSR count). The lowest BCUT2D eigenvalue weighted by molar-refractivity contribution is -0.140. The molecule has 1 saturated carbocycles. The van der Waals surface area contributed by atoms with Crippen LogP contribution in [0.2, 0.25) is 0 Å². The maximum absolute atomic E-state index is 11.9. The number of anilines is 1. The summed E-state index contributed by atoms with van der Waals surface area (Å²) in [5.41, 5.74) is -0.481. The van der Waals surface area contributed by atoms with Gasteiger partial charge in [-0.3, -0.25) is 9.59 Å². The molecular weight excluding hydrogens is 220 g/mol. The molecule has 0 bridgehead atoms. The van der Waals surface area contributed by atoms with Gasteiger partial charge in [-0.15, -0.1) is 0 Å². The average Bonchev–Trinajstić information content (AvgIpc) is 2.83. The quantitative estimate of drug-likeness (QED) is 0.828. The van der Waals surface area contributed by atoms with Gasteiger partial charge in [0.25, 0.3) is 0 Å². The summed E-state index contributed by atoms with van der Waals surface area (Å²) in [5, 5.41) is 11.6. The molecule has 5 nitrogen and oxygen atoms in total. The van der Waals surface area contributed by atoms with Gasteiger partial charge in [-0.05, 0) is 17.5 Å². The number of hydrogen-bond acceptors (Lipinski definition) is 3. The van der Waals surface area contributed by atoms with Crippen molar-refractivity contribution in [3.8, 4) is 0 Å². The van der Waals surface area contributed by atoms with E-state index >= 15 is 0 Å². The third-order valence-corrected chi connectivity index (χ3v) is 3.29. The Kier molecular flexibility index (Phi) is 2.61. The highest BCUT2D eigenvalue weighted by atomic mass is 16.4. The molecule has 0 aromatic carbocycles. The molecule has 1 aromatic heterocycles. The second-order valence-corrected chi connectivity index (χ2v) is 4.82. The first-order valence-corrected chi connectivity index (χ1v) is 5.39. The number of carbonyl (C=O) groups excluding carboxylic acids is 1. The molecule has 1 aliphatic carbocycles. The van der Waals surface area contributed by atoms with Crippen molar-refractivity contribution in [1.82, 2.24) is 4.98 Å². The zero-order chi connectivity index (χ0) is 12.6. The molecule has 1 amide bonds. The van der Waals surface area contributed by atoms with Gasteiger partial charge < -0.3 is 10.4 Å². The molecule has 1 heterocycles. The molecule has 5 heteroatoms. The van der Waals surface area contributed by atoms with E-state index in [2.05, 4.69) is 10.3 Å². The highest BCUT2D eigenvalue weighted by Gasteiger charge is 2.65. The van der Waals surface area contributed by atoms with Crippen LogP contribution in [0.5, 0.6) is 0 Å². The number of nitrogens with zero attached hydrogens (tertiary/aromatic N) is 1. The van der Waals surface area contributed by atoms with Crippen LogP contribution in [-0.4, -0.2) is 22.0 Å². The molecule has 1 aliphatic rings. The Labute approximate surface area is 98.9 Å². The lowest BCUT2D eigenvalue weighted by Crippen LogP contribution is -2.18. The second kappa shape index (κ2) is 3.84. The molecule has 90 valence electrons. The van der Waals surface area contributed by atoms with Gasteiger partial charge in [0.2, 0.25) is 5.91 Å². The van der Waals surface area contributed by atoms with E-state index in [-0.39, 0.29) is 5.91 Å². The van der Waals surface area contributed by atoms with E-state index in [4.69, 9.17) is 5.11 Å². The summed E-state index contributed by atoms with van der Waals surface area (Å²) in [6.45, 7) is 3.57. The van der Waals surface area contributed by atoms with Gasteiger partial charge in [0.1, 0.15) is 5.82 Å². The maximum atomic E-state index is 11.9. The van der Waals surface area contributed by atoms with Gasteiger partial charge in [-0.25, -0.2) is 4.98 Å². The summed E-state index contributed by atoms with van der Waals surface area (Å²) < 4.78 is 0.